The summed E-state index contributed by atoms with van der Waals surface area (Å²) in [5, 5.41) is 24.5. The summed E-state index contributed by atoms with van der Waals surface area (Å²) in [5.74, 6) is -0.597. The number of carbonyl (C=O) groups is 1. The smallest absolute Gasteiger partial charge is 0.459 e. The average Bonchev–Trinajstić information content (AvgIpc) is 3.02. The topological polar surface area (TPSA) is 161 Å². The number of H-pyrrole nitrogens is 1. The van der Waals surface area contributed by atoms with Gasteiger partial charge in [-0.3, -0.25) is 23.7 Å². The highest BCUT2D eigenvalue weighted by molar-refractivity contribution is 7.71. The number of benzene rings is 1. The van der Waals surface area contributed by atoms with Gasteiger partial charge in [-0.25, -0.2) is 4.57 Å². The molecule has 0 saturated carbocycles. The molecule has 1 aliphatic rings. The molecule has 1 aromatic heterocycles. The fourth-order valence-corrected chi connectivity index (χ4v) is 5.24. The van der Waals surface area contributed by atoms with E-state index in [1.54, 1.807) is 0 Å². The second kappa shape index (κ2) is 10.9. The zero-order valence-corrected chi connectivity index (χ0v) is 21.4. The van der Waals surface area contributed by atoms with Crippen LogP contribution in [-0.2, 0) is 23.4 Å². The Kier molecular flexibility index (Phi) is 8.56. The van der Waals surface area contributed by atoms with Crippen LogP contribution in [0.5, 0.6) is 5.75 Å². The summed E-state index contributed by atoms with van der Waals surface area (Å²) in [7, 11) is -3.08. The number of hydrogen-bond acceptors (Lipinski definition) is 10. The van der Waals surface area contributed by atoms with Crippen LogP contribution in [0.4, 0.5) is 0 Å². The van der Waals surface area contributed by atoms with Crippen LogP contribution < -0.4 is 15.2 Å². The Morgan fingerprint density at radius 1 is 1.40 bits per heavy atom. The number of halogens is 1. The van der Waals surface area contributed by atoms with Crippen LogP contribution in [0.3, 0.4) is 0 Å². The molecule has 4 N–H and O–H groups in total. The maximum Gasteiger partial charge on any atom is 0.459 e. The van der Waals surface area contributed by atoms with Crippen LogP contribution in [0.2, 0.25) is 5.02 Å². The lowest BCUT2D eigenvalue weighted by atomic mass is 9.96. The Hall–Kier alpha value is -2.09. The Bertz CT molecular complexity index is 1220. The molecule has 1 saturated heterocycles. The first-order valence-corrected chi connectivity index (χ1v) is 12.6. The number of hydrogen-bond donors (Lipinski definition) is 4. The molecule has 0 amide bonds. The van der Waals surface area contributed by atoms with E-state index in [0.717, 1.165) is 0 Å². The molecule has 0 bridgehead atoms. The molecule has 15 heteroatoms. The lowest BCUT2D eigenvalue weighted by Gasteiger charge is -2.28. The van der Waals surface area contributed by atoms with E-state index in [9.17, 15) is 24.4 Å². The molecular weight excluding hydrogens is 525 g/mol. The lowest BCUT2D eigenvalue weighted by Crippen LogP contribution is -2.45. The second-order valence-electron chi connectivity index (χ2n) is 7.93. The SMILES string of the molecule is COC(=O)[C@H](C)N[P@](=O)(OC[C@H]1O[C@@H](n2ccc(=O)[nH]c2=S)C(C)(O)[C@H]1O)Oc1ccc(Cl)cc1. The van der Waals surface area contributed by atoms with E-state index >= 15 is 0 Å². The number of nitrogens with zero attached hydrogens (tertiary/aromatic N) is 1. The molecule has 6 atom stereocenters. The molecule has 192 valence electrons. The van der Waals surface area contributed by atoms with E-state index in [2.05, 4.69) is 14.8 Å². The van der Waals surface area contributed by atoms with Crippen molar-refractivity contribution in [2.24, 2.45) is 0 Å². The normalized spacial score (nSPS) is 26.6. The van der Waals surface area contributed by atoms with Gasteiger partial charge in [-0.05, 0) is 50.3 Å². The van der Waals surface area contributed by atoms with Gasteiger partial charge in [-0.2, -0.15) is 5.09 Å². The molecule has 12 nitrogen and oxygen atoms in total. The zero-order chi connectivity index (χ0) is 26.0. The van der Waals surface area contributed by atoms with Gasteiger partial charge in [-0.15, -0.1) is 0 Å². The van der Waals surface area contributed by atoms with Gasteiger partial charge in [0, 0.05) is 17.3 Å². The molecule has 0 aliphatic carbocycles. The van der Waals surface area contributed by atoms with E-state index in [1.165, 1.54) is 62.1 Å². The molecule has 2 heterocycles. The number of aliphatic hydroxyl groups is 2. The zero-order valence-electron chi connectivity index (χ0n) is 18.9. The van der Waals surface area contributed by atoms with Gasteiger partial charge >= 0.3 is 13.7 Å². The predicted molar refractivity (Wildman–Crippen MR) is 127 cm³/mol. The number of esters is 1. The molecule has 0 radical (unpaired) electrons. The summed E-state index contributed by atoms with van der Waals surface area (Å²) in [6.45, 7) is 2.19. The van der Waals surface area contributed by atoms with Crippen molar-refractivity contribution < 1.29 is 38.1 Å². The van der Waals surface area contributed by atoms with Crippen LogP contribution >= 0.6 is 31.6 Å². The minimum atomic E-state index is -4.25. The first-order valence-electron chi connectivity index (χ1n) is 10.3. The second-order valence-corrected chi connectivity index (χ2v) is 10.4. The number of methoxy groups -OCH3 is 1. The third kappa shape index (κ3) is 6.38. The highest BCUT2D eigenvalue weighted by atomic mass is 35.5. The van der Waals surface area contributed by atoms with Crippen molar-refractivity contribution in [1.82, 2.24) is 14.6 Å². The van der Waals surface area contributed by atoms with E-state index < -0.39 is 56.0 Å². The molecule has 35 heavy (non-hydrogen) atoms. The van der Waals surface area contributed by atoms with Crippen LogP contribution in [0.1, 0.15) is 20.1 Å². The lowest BCUT2D eigenvalue weighted by molar-refractivity contribution is -0.142. The van der Waals surface area contributed by atoms with Crippen LogP contribution in [0, 0.1) is 4.77 Å². The van der Waals surface area contributed by atoms with Gasteiger partial charge in [0.25, 0.3) is 5.56 Å². The van der Waals surface area contributed by atoms with Gasteiger partial charge in [-0.1, -0.05) is 11.6 Å². The quantitative estimate of drug-likeness (QED) is 0.205. The Morgan fingerprint density at radius 3 is 2.66 bits per heavy atom. The first-order chi connectivity index (χ1) is 16.4. The van der Waals surface area contributed by atoms with Crippen molar-refractivity contribution in [3.8, 4) is 5.75 Å². The summed E-state index contributed by atoms with van der Waals surface area (Å²) in [5.41, 5.74) is -2.31. The van der Waals surface area contributed by atoms with Crippen molar-refractivity contribution in [1.29, 1.82) is 0 Å². The molecule has 2 aromatic rings. The minimum Gasteiger partial charge on any atom is -0.468 e. The van der Waals surface area contributed by atoms with Crippen molar-refractivity contribution in [3.63, 3.8) is 0 Å². The van der Waals surface area contributed by atoms with Gasteiger partial charge in [0.15, 0.2) is 11.0 Å². The summed E-state index contributed by atoms with van der Waals surface area (Å²) in [6, 6.07) is 6.00. The monoisotopic (exact) mass is 549 g/mol. The third-order valence-electron chi connectivity index (χ3n) is 5.21. The van der Waals surface area contributed by atoms with Crippen LogP contribution in [0.15, 0.2) is 41.3 Å². The Balaban J connectivity index is 1.81. The molecule has 1 fully saturated rings. The standard InChI is InChI=1S/C20H25ClN3O9PS/c1-11(17(27)30-3)23-34(29,33-13-6-4-12(21)5-7-13)31-10-14-16(26)20(2,28)18(32-14)24-9-8-15(25)22-19(24)35/h4-9,11,14,16,18,26,28H,10H2,1-3H3,(H,23,29)(H,22,25,35)/t11-,14+,16-,18+,20?,34-/m0/s1. The number of carbonyl (C=O) groups excluding carboxylic acids is 1. The van der Waals surface area contributed by atoms with Crippen molar-refractivity contribution in [3.05, 3.63) is 56.7 Å². The highest BCUT2D eigenvalue weighted by Crippen LogP contribution is 2.47. The molecule has 1 aliphatic heterocycles. The van der Waals surface area contributed by atoms with Crippen LogP contribution in [-0.4, -0.2) is 63.3 Å². The van der Waals surface area contributed by atoms with E-state index in [1.807, 2.05) is 0 Å². The van der Waals surface area contributed by atoms with Crippen molar-refractivity contribution >= 4 is 37.5 Å². The fourth-order valence-electron chi connectivity index (χ4n) is 3.35. The average molecular weight is 550 g/mol. The molecular formula is C20H25ClN3O9PS. The van der Waals surface area contributed by atoms with E-state index in [-0.39, 0.29) is 10.5 Å². The Labute approximate surface area is 210 Å². The summed E-state index contributed by atoms with van der Waals surface area (Å²) in [4.78, 5) is 25.8. The van der Waals surface area contributed by atoms with Crippen molar-refractivity contribution in [2.75, 3.05) is 13.7 Å². The summed E-state index contributed by atoms with van der Waals surface area (Å²) in [6.07, 6.45) is -2.59. The summed E-state index contributed by atoms with van der Waals surface area (Å²) < 4.78 is 36.2. The summed E-state index contributed by atoms with van der Waals surface area (Å²) >= 11 is 11.0. The molecule has 0 spiro atoms. The molecule has 3 rings (SSSR count). The first kappa shape index (κ1) is 27.5. The number of rotatable bonds is 9. The minimum absolute atomic E-state index is 0.0399. The maximum atomic E-state index is 13.5. The van der Waals surface area contributed by atoms with E-state index in [4.69, 9.17) is 37.6 Å². The predicted octanol–water partition coefficient (Wildman–Crippen LogP) is 1.92. The van der Waals surface area contributed by atoms with Gasteiger partial charge in [0.1, 0.15) is 29.6 Å². The number of nitrogens with one attached hydrogen (secondary N) is 2. The maximum absolute atomic E-state index is 13.5. The number of ether oxygens (including phenoxy) is 2. The molecule has 1 aromatic carbocycles. The van der Waals surface area contributed by atoms with Gasteiger partial charge < -0.3 is 24.2 Å². The molecule has 1 unspecified atom stereocenters. The number of aromatic nitrogens is 2. The van der Waals surface area contributed by atoms with Crippen molar-refractivity contribution in [2.45, 2.75) is 43.9 Å². The van der Waals surface area contributed by atoms with E-state index in [0.29, 0.717) is 5.02 Å². The highest BCUT2D eigenvalue weighted by Gasteiger charge is 2.53. The Morgan fingerprint density at radius 2 is 2.06 bits per heavy atom. The largest absolute Gasteiger partial charge is 0.468 e. The third-order valence-corrected chi connectivity index (χ3v) is 7.42. The van der Waals surface area contributed by atoms with Gasteiger partial charge in [0.05, 0.1) is 13.7 Å². The van der Waals surface area contributed by atoms with Crippen LogP contribution in [0.25, 0.3) is 0 Å². The fraction of sp³-hybridized carbons (Fsp3) is 0.450. The van der Waals surface area contributed by atoms with Gasteiger partial charge in [0.2, 0.25) is 0 Å². The number of aliphatic hydroxyl groups excluding tert-OH is 1. The number of aromatic amines is 1.